The smallest absolute Gasteiger partial charge is 0.191 e. The molecule has 0 atom stereocenters. The summed E-state index contributed by atoms with van der Waals surface area (Å²) in [5.41, 5.74) is 3.99. The molecule has 0 aliphatic rings. The van der Waals surface area contributed by atoms with Gasteiger partial charge in [0.1, 0.15) is 11.5 Å². The summed E-state index contributed by atoms with van der Waals surface area (Å²) in [6.45, 7) is 5.90. The molecule has 2 aromatic heterocycles. The second-order valence-electron chi connectivity index (χ2n) is 5.80. The molecule has 0 saturated carbocycles. The molecule has 0 aliphatic carbocycles. The number of rotatable bonds is 5. The van der Waals surface area contributed by atoms with Gasteiger partial charge in [-0.15, -0.1) is 0 Å². The highest BCUT2D eigenvalue weighted by Crippen LogP contribution is 2.08. The van der Waals surface area contributed by atoms with Crippen molar-refractivity contribution < 1.29 is 4.39 Å². The maximum Gasteiger partial charge on any atom is 0.191 e. The fraction of sp³-hybridized carbons (Fsp3) is 0.263. The molecule has 6 heteroatoms. The van der Waals surface area contributed by atoms with E-state index in [1.807, 2.05) is 25.3 Å². The van der Waals surface area contributed by atoms with Crippen LogP contribution in [-0.2, 0) is 13.1 Å². The van der Waals surface area contributed by atoms with Crippen molar-refractivity contribution in [3.63, 3.8) is 0 Å². The van der Waals surface area contributed by atoms with Gasteiger partial charge in [0.15, 0.2) is 5.96 Å². The number of aliphatic imine (C=N–C) groups is 1. The summed E-state index contributed by atoms with van der Waals surface area (Å²) >= 11 is 0. The van der Waals surface area contributed by atoms with Gasteiger partial charge in [-0.3, -0.25) is 0 Å². The fourth-order valence-corrected chi connectivity index (χ4v) is 2.56. The van der Waals surface area contributed by atoms with Gasteiger partial charge < -0.3 is 15.0 Å². The van der Waals surface area contributed by atoms with E-state index in [0.717, 1.165) is 29.1 Å². The van der Waals surface area contributed by atoms with Crippen LogP contribution in [0.3, 0.4) is 0 Å². The Morgan fingerprint density at radius 2 is 1.96 bits per heavy atom. The average molecular weight is 339 g/mol. The summed E-state index contributed by atoms with van der Waals surface area (Å²) in [4.78, 5) is 9.15. The van der Waals surface area contributed by atoms with E-state index in [0.29, 0.717) is 19.0 Å². The number of halogens is 1. The number of aryl methyl sites for hydroxylation is 1. The van der Waals surface area contributed by atoms with Gasteiger partial charge in [-0.1, -0.05) is 18.2 Å². The Balaban J connectivity index is 1.67. The second-order valence-corrected chi connectivity index (χ2v) is 5.80. The Morgan fingerprint density at radius 3 is 2.68 bits per heavy atom. The minimum absolute atomic E-state index is 0.236. The first kappa shape index (κ1) is 17.0. The molecule has 5 nitrogen and oxygen atoms in total. The van der Waals surface area contributed by atoms with Crippen molar-refractivity contribution in [3.8, 4) is 0 Å². The molecule has 25 heavy (non-hydrogen) atoms. The molecule has 2 N–H and O–H groups in total. The molecular formula is C19H22FN5. The van der Waals surface area contributed by atoms with Crippen LogP contribution in [0.5, 0.6) is 0 Å². The van der Waals surface area contributed by atoms with E-state index in [2.05, 4.69) is 38.0 Å². The van der Waals surface area contributed by atoms with Crippen LogP contribution in [0.1, 0.15) is 23.9 Å². The zero-order valence-corrected chi connectivity index (χ0v) is 14.5. The van der Waals surface area contributed by atoms with E-state index in [1.165, 1.54) is 12.1 Å². The molecule has 130 valence electrons. The lowest BCUT2D eigenvalue weighted by molar-refractivity contribution is 0.627. The summed E-state index contributed by atoms with van der Waals surface area (Å²) in [5.74, 6) is 0.473. The molecule has 0 saturated heterocycles. The molecule has 0 aliphatic heterocycles. The number of benzene rings is 1. The van der Waals surface area contributed by atoms with Gasteiger partial charge in [0.25, 0.3) is 0 Å². The minimum Gasteiger partial charge on any atom is -0.357 e. The second kappa shape index (κ2) is 7.79. The standard InChI is InChI=1S/C19H22FN5/c1-3-21-19(22-11-15-7-9-16(20)10-8-15)23-12-17-13-25-14(2)5-4-6-18(25)24-17/h4-10,13H,3,11-12H2,1-2H3,(H2,21,22,23). The third-order valence-corrected chi connectivity index (χ3v) is 3.86. The van der Waals surface area contributed by atoms with Gasteiger partial charge >= 0.3 is 0 Å². The number of fused-ring (bicyclic) bond motifs is 1. The molecule has 2 heterocycles. The number of nitrogens with one attached hydrogen (secondary N) is 2. The highest BCUT2D eigenvalue weighted by Gasteiger charge is 2.04. The van der Waals surface area contributed by atoms with Gasteiger partial charge in [-0.05, 0) is 43.7 Å². The maximum absolute atomic E-state index is 13.0. The van der Waals surface area contributed by atoms with Crippen molar-refractivity contribution in [3.05, 3.63) is 71.4 Å². The topological polar surface area (TPSA) is 53.7 Å². The molecule has 0 amide bonds. The number of guanidine groups is 1. The zero-order valence-electron chi connectivity index (χ0n) is 14.5. The lowest BCUT2D eigenvalue weighted by atomic mass is 10.2. The Hall–Kier alpha value is -2.89. The summed E-state index contributed by atoms with van der Waals surface area (Å²) in [6, 6.07) is 12.4. The predicted molar refractivity (Wildman–Crippen MR) is 98.0 cm³/mol. The maximum atomic E-state index is 13.0. The lowest BCUT2D eigenvalue weighted by Crippen LogP contribution is -2.36. The SMILES string of the molecule is CCNC(=NCc1ccc(F)cc1)NCc1cn2c(C)cccc2n1. The first-order valence-corrected chi connectivity index (χ1v) is 8.36. The molecule has 0 unspecified atom stereocenters. The summed E-state index contributed by atoms with van der Waals surface area (Å²) < 4.78 is 15.0. The normalized spacial score (nSPS) is 11.7. The van der Waals surface area contributed by atoms with E-state index < -0.39 is 0 Å². The van der Waals surface area contributed by atoms with Gasteiger partial charge in [-0.25, -0.2) is 14.4 Å². The van der Waals surface area contributed by atoms with Gasteiger partial charge in [0, 0.05) is 18.4 Å². The number of hydrogen-bond acceptors (Lipinski definition) is 2. The van der Waals surface area contributed by atoms with Crippen molar-refractivity contribution >= 4 is 11.6 Å². The number of hydrogen-bond donors (Lipinski definition) is 2. The van der Waals surface area contributed by atoms with Gasteiger partial charge in [0.2, 0.25) is 0 Å². The number of imidazole rings is 1. The van der Waals surface area contributed by atoms with Crippen molar-refractivity contribution in [1.29, 1.82) is 0 Å². The first-order valence-electron chi connectivity index (χ1n) is 8.36. The number of aromatic nitrogens is 2. The molecule has 0 spiro atoms. The van der Waals surface area contributed by atoms with Crippen LogP contribution < -0.4 is 10.6 Å². The number of nitrogens with zero attached hydrogens (tertiary/aromatic N) is 3. The van der Waals surface area contributed by atoms with Crippen LogP contribution >= 0.6 is 0 Å². The van der Waals surface area contributed by atoms with E-state index in [1.54, 1.807) is 12.1 Å². The van der Waals surface area contributed by atoms with Gasteiger partial charge in [-0.2, -0.15) is 0 Å². The van der Waals surface area contributed by atoms with Crippen LogP contribution in [0, 0.1) is 12.7 Å². The van der Waals surface area contributed by atoms with Gasteiger partial charge in [0.05, 0.1) is 18.8 Å². The molecule has 0 bridgehead atoms. The molecule has 3 rings (SSSR count). The number of pyridine rings is 1. The first-order chi connectivity index (χ1) is 12.2. The van der Waals surface area contributed by atoms with Crippen LogP contribution in [0.2, 0.25) is 0 Å². The van der Waals surface area contributed by atoms with Crippen molar-refractivity contribution in [1.82, 2.24) is 20.0 Å². The van der Waals surface area contributed by atoms with E-state index in [-0.39, 0.29) is 5.82 Å². The Kier molecular flexibility index (Phi) is 5.28. The van der Waals surface area contributed by atoms with E-state index >= 15 is 0 Å². The molecule has 3 aromatic rings. The van der Waals surface area contributed by atoms with Crippen molar-refractivity contribution in [2.45, 2.75) is 26.9 Å². The third kappa shape index (κ3) is 4.35. The van der Waals surface area contributed by atoms with Crippen LogP contribution in [-0.4, -0.2) is 21.9 Å². The highest BCUT2D eigenvalue weighted by molar-refractivity contribution is 5.79. The lowest BCUT2D eigenvalue weighted by Gasteiger charge is -2.10. The molecule has 0 radical (unpaired) electrons. The van der Waals surface area contributed by atoms with Crippen molar-refractivity contribution in [2.75, 3.05) is 6.54 Å². The van der Waals surface area contributed by atoms with E-state index in [9.17, 15) is 4.39 Å². The zero-order chi connectivity index (χ0) is 17.6. The average Bonchev–Trinajstić information content (AvgIpc) is 3.03. The molecule has 1 aromatic carbocycles. The Bertz CT molecular complexity index is 867. The summed E-state index contributed by atoms with van der Waals surface area (Å²) in [6.07, 6.45) is 2.03. The minimum atomic E-state index is -0.236. The van der Waals surface area contributed by atoms with E-state index in [4.69, 9.17) is 0 Å². The Labute approximate surface area is 146 Å². The molecule has 0 fully saturated rings. The largest absolute Gasteiger partial charge is 0.357 e. The van der Waals surface area contributed by atoms with Crippen LogP contribution in [0.4, 0.5) is 4.39 Å². The Morgan fingerprint density at radius 1 is 1.16 bits per heavy atom. The summed E-state index contributed by atoms with van der Waals surface area (Å²) in [7, 11) is 0. The van der Waals surface area contributed by atoms with Crippen molar-refractivity contribution in [2.24, 2.45) is 4.99 Å². The summed E-state index contributed by atoms with van der Waals surface area (Å²) in [5, 5.41) is 6.50. The fourth-order valence-electron chi connectivity index (χ4n) is 2.56. The van der Waals surface area contributed by atoms with Crippen LogP contribution in [0.15, 0.2) is 53.7 Å². The van der Waals surface area contributed by atoms with Crippen LogP contribution in [0.25, 0.3) is 5.65 Å². The quantitative estimate of drug-likeness (QED) is 0.555. The molecular weight excluding hydrogens is 317 g/mol. The predicted octanol–water partition coefficient (Wildman–Crippen LogP) is 3.04. The highest BCUT2D eigenvalue weighted by atomic mass is 19.1. The third-order valence-electron chi connectivity index (χ3n) is 3.86. The monoisotopic (exact) mass is 339 g/mol.